The van der Waals surface area contributed by atoms with Gasteiger partial charge in [-0.2, -0.15) is 0 Å². The van der Waals surface area contributed by atoms with Gasteiger partial charge in [-0.05, 0) is 37.1 Å². The van der Waals surface area contributed by atoms with Gasteiger partial charge < -0.3 is 5.11 Å². The van der Waals surface area contributed by atoms with E-state index >= 15 is 0 Å². The second-order valence-electron chi connectivity index (χ2n) is 3.85. The summed E-state index contributed by atoms with van der Waals surface area (Å²) in [4.78, 5) is 21.8. The summed E-state index contributed by atoms with van der Waals surface area (Å²) in [7, 11) is 0. The molecule has 0 aliphatic heterocycles. The van der Waals surface area contributed by atoms with Crippen LogP contribution in [-0.4, -0.2) is 21.7 Å². The molecule has 3 nitrogen and oxygen atoms in total. The largest absolute Gasteiger partial charge is 0.481 e. The summed E-state index contributed by atoms with van der Waals surface area (Å²) in [6.07, 6.45) is -0.262. The summed E-state index contributed by atoms with van der Waals surface area (Å²) >= 11 is 9.06. The number of ketones is 1. The lowest BCUT2D eigenvalue weighted by molar-refractivity contribution is -0.136. The average molecular weight is 320 g/mol. The first-order valence-electron chi connectivity index (χ1n) is 4.99. The molecular weight excluding hydrogens is 307 g/mol. The van der Waals surface area contributed by atoms with E-state index in [0.717, 1.165) is 11.1 Å². The first-order valence-corrected chi connectivity index (χ1v) is 6.29. The molecule has 0 saturated carbocycles. The van der Waals surface area contributed by atoms with Crippen LogP contribution in [0.2, 0.25) is 5.02 Å². The molecule has 1 N–H and O–H groups in total. The summed E-state index contributed by atoms with van der Waals surface area (Å²) in [5.41, 5.74) is 2.31. The Morgan fingerprint density at radius 2 is 1.88 bits per heavy atom. The topological polar surface area (TPSA) is 54.4 Å². The number of carboxylic acids is 1. The Balaban J connectivity index is 3.04. The lowest BCUT2D eigenvalue weighted by Crippen LogP contribution is -2.18. The van der Waals surface area contributed by atoms with E-state index in [9.17, 15) is 9.59 Å². The van der Waals surface area contributed by atoms with E-state index in [0.29, 0.717) is 10.6 Å². The van der Waals surface area contributed by atoms with Gasteiger partial charge in [0.05, 0.1) is 16.3 Å². The highest BCUT2D eigenvalue weighted by Gasteiger charge is 2.22. The third kappa shape index (κ3) is 3.54. The van der Waals surface area contributed by atoms with Crippen molar-refractivity contribution in [2.75, 3.05) is 0 Å². The van der Waals surface area contributed by atoms with E-state index in [2.05, 4.69) is 15.9 Å². The maximum absolute atomic E-state index is 12.0. The molecule has 0 aliphatic carbocycles. The van der Waals surface area contributed by atoms with E-state index in [1.807, 2.05) is 13.8 Å². The van der Waals surface area contributed by atoms with Crippen LogP contribution >= 0.6 is 27.5 Å². The number of rotatable bonds is 4. The molecule has 0 spiro atoms. The van der Waals surface area contributed by atoms with Crippen LogP contribution in [0.1, 0.15) is 27.9 Å². The number of alkyl halides is 1. The van der Waals surface area contributed by atoms with Gasteiger partial charge in [0, 0.05) is 5.56 Å². The molecule has 1 atom stereocenters. The Labute approximate surface area is 113 Å². The predicted octanol–water partition coefficient (Wildman–Crippen LogP) is 3.38. The van der Waals surface area contributed by atoms with Gasteiger partial charge in [0.2, 0.25) is 0 Å². The monoisotopic (exact) mass is 318 g/mol. The van der Waals surface area contributed by atoms with Gasteiger partial charge in [0.1, 0.15) is 0 Å². The molecule has 0 aromatic heterocycles. The third-order valence-corrected chi connectivity index (χ3v) is 3.54. The van der Waals surface area contributed by atoms with Crippen molar-refractivity contribution >= 4 is 39.3 Å². The van der Waals surface area contributed by atoms with E-state index in [-0.39, 0.29) is 12.2 Å². The second kappa shape index (κ2) is 5.65. The molecule has 0 amide bonds. The molecule has 1 rings (SSSR count). The number of benzene rings is 1. The number of carbonyl (C=O) groups excluding carboxylic acids is 1. The molecule has 0 radical (unpaired) electrons. The number of hydrogen-bond acceptors (Lipinski definition) is 2. The van der Waals surface area contributed by atoms with Crippen molar-refractivity contribution in [2.45, 2.75) is 25.1 Å². The molecule has 17 heavy (non-hydrogen) atoms. The van der Waals surface area contributed by atoms with Crippen molar-refractivity contribution in [3.05, 3.63) is 33.8 Å². The Morgan fingerprint density at radius 3 is 2.41 bits per heavy atom. The van der Waals surface area contributed by atoms with Gasteiger partial charge in [0.15, 0.2) is 5.78 Å². The highest BCUT2D eigenvalue weighted by Crippen LogP contribution is 2.24. The number of aliphatic carboxylic acids is 1. The highest BCUT2D eigenvalue weighted by molar-refractivity contribution is 9.10. The van der Waals surface area contributed by atoms with Crippen molar-refractivity contribution in [3.8, 4) is 0 Å². The minimum atomic E-state index is -1.03. The molecular formula is C12H12BrClO3. The van der Waals surface area contributed by atoms with Crippen LogP contribution in [0.15, 0.2) is 12.1 Å². The standard InChI is InChI=1S/C12H12BrClO3/c1-6-3-8(10(14)4-7(6)2)12(17)9(13)5-11(15)16/h3-4,9H,5H2,1-2H3,(H,15,16). The molecule has 1 aromatic carbocycles. The normalized spacial score (nSPS) is 12.2. The number of carboxylic acid groups (broad SMARTS) is 1. The fraction of sp³-hybridized carbons (Fsp3) is 0.333. The quantitative estimate of drug-likeness (QED) is 0.684. The molecule has 92 valence electrons. The summed E-state index contributed by atoms with van der Waals surface area (Å²) in [5, 5.41) is 8.99. The Morgan fingerprint density at radius 1 is 1.35 bits per heavy atom. The lowest BCUT2D eigenvalue weighted by Gasteiger charge is -2.10. The zero-order valence-electron chi connectivity index (χ0n) is 9.46. The molecule has 0 heterocycles. The molecule has 0 saturated heterocycles. The van der Waals surface area contributed by atoms with E-state index in [4.69, 9.17) is 16.7 Å². The fourth-order valence-electron chi connectivity index (χ4n) is 1.38. The van der Waals surface area contributed by atoms with Crippen molar-refractivity contribution in [1.82, 2.24) is 0 Å². The molecule has 1 aromatic rings. The zero-order chi connectivity index (χ0) is 13.2. The van der Waals surface area contributed by atoms with Gasteiger partial charge >= 0.3 is 5.97 Å². The first-order chi connectivity index (χ1) is 7.82. The predicted molar refractivity (Wildman–Crippen MR) is 70.2 cm³/mol. The summed E-state index contributed by atoms with van der Waals surface area (Å²) in [6, 6.07) is 3.40. The number of halogens is 2. The maximum Gasteiger partial charge on any atom is 0.304 e. The molecule has 0 bridgehead atoms. The number of carbonyl (C=O) groups is 2. The Hall–Kier alpha value is -0.870. The minimum Gasteiger partial charge on any atom is -0.481 e. The van der Waals surface area contributed by atoms with Crippen LogP contribution in [0, 0.1) is 13.8 Å². The fourth-order valence-corrected chi connectivity index (χ4v) is 2.22. The van der Waals surface area contributed by atoms with Crippen molar-refractivity contribution in [2.24, 2.45) is 0 Å². The SMILES string of the molecule is Cc1cc(Cl)c(C(=O)C(Br)CC(=O)O)cc1C. The number of Topliss-reactive ketones (excluding diaryl/α,β-unsaturated/α-hetero) is 1. The third-order valence-electron chi connectivity index (χ3n) is 2.49. The minimum absolute atomic E-state index is 0.262. The van der Waals surface area contributed by atoms with E-state index < -0.39 is 10.8 Å². The van der Waals surface area contributed by atoms with Crippen LogP contribution < -0.4 is 0 Å². The van der Waals surface area contributed by atoms with Gasteiger partial charge in [-0.25, -0.2) is 0 Å². The van der Waals surface area contributed by atoms with Crippen LogP contribution in [0.4, 0.5) is 0 Å². The van der Waals surface area contributed by atoms with Crippen LogP contribution in [-0.2, 0) is 4.79 Å². The molecule has 5 heteroatoms. The number of hydrogen-bond donors (Lipinski definition) is 1. The van der Waals surface area contributed by atoms with Crippen LogP contribution in [0.25, 0.3) is 0 Å². The highest BCUT2D eigenvalue weighted by atomic mass is 79.9. The van der Waals surface area contributed by atoms with Crippen molar-refractivity contribution in [1.29, 1.82) is 0 Å². The van der Waals surface area contributed by atoms with Crippen molar-refractivity contribution in [3.63, 3.8) is 0 Å². The van der Waals surface area contributed by atoms with Gasteiger partial charge in [-0.15, -0.1) is 0 Å². The zero-order valence-corrected chi connectivity index (χ0v) is 11.8. The number of aryl methyl sites for hydroxylation is 2. The van der Waals surface area contributed by atoms with Gasteiger partial charge in [0.25, 0.3) is 0 Å². The summed E-state index contributed by atoms with van der Waals surface area (Å²) in [5.74, 6) is -1.33. The van der Waals surface area contributed by atoms with Gasteiger partial charge in [-0.3, -0.25) is 9.59 Å². The first kappa shape index (κ1) is 14.2. The van der Waals surface area contributed by atoms with Crippen LogP contribution in [0.5, 0.6) is 0 Å². The van der Waals surface area contributed by atoms with E-state index in [1.54, 1.807) is 12.1 Å². The van der Waals surface area contributed by atoms with Crippen LogP contribution in [0.3, 0.4) is 0 Å². The maximum atomic E-state index is 12.0. The van der Waals surface area contributed by atoms with Crippen molar-refractivity contribution < 1.29 is 14.7 Å². The average Bonchev–Trinajstić information content (AvgIpc) is 2.21. The van der Waals surface area contributed by atoms with Gasteiger partial charge in [-0.1, -0.05) is 27.5 Å². The lowest BCUT2D eigenvalue weighted by atomic mass is 10.0. The summed E-state index contributed by atoms with van der Waals surface area (Å²) < 4.78 is 0. The molecule has 0 fully saturated rings. The van der Waals surface area contributed by atoms with E-state index in [1.165, 1.54) is 0 Å². The molecule has 1 unspecified atom stereocenters. The molecule has 0 aliphatic rings. The smallest absolute Gasteiger partial charge is 0.304 e. The Bertz CT molecular complexity index is 471. The second-order valence-corrected chi connectivity index (χ2v) is 5.36. The Kier molecular flexibility index (Phi) is 4.71. The summed E-state index contributed by atoms with van der Waals surface area (Å²) in [6.45, 7) is 3.78.